The lowest BCUT2D eigenvalue weighted by Gasteiger charge is -2.12. The number of carbonyl (C=O) groups excluding carboxylic acids is 1. The Balaban J connectivity index is 1.92. The van der Waals surface area contributed by atoms with Gasteiger partial charge in [0.05, 0.1) is 34.7 Å². The first kappa shape index (κ1) is 20.3. The van der Waals surface area contributed by atoms with Crippen LogP contribution in [-0.4, -0.2) is 32.2 Å². The van der Waals surface area contributed by atoms with Crippen molar-refractivity contribution < 1.29 is 9.53 Å². The Hall–Kier alpha value is -2.93. The molecular weight excluding hydrogens is 396 g/mol. The number of aromatic amines is 1. The molecule has 7 heteroatoms. The van der Waals surface area contributed by atoms with E-state index in [1.165, 1.54) is 7.11 Å². The summed E-state index contributed by atoms with van der Waals surface area (Å²) in [6.07, 6.45) is 0. The maximum absolute atomic E-state index is 12.0. The number of imidazole rings is 2. The van der Waals surface area contributed by atoms with Crippen molar-refractivity contribution in [2.75, 3.05) is 7.11 Å². The summed E-state index contributed by atoms with van der Waals surface area (Å²) in [6.45, 7) is 9.43. The minimum absolute atomic E-state index is 0.277. The summed E-state index contributed by atoms with van der Waals surface area (Å²) in [7, 11) is 1.39. The molecule has 0 bridgehead atoms. The number of fused-ring (bicyclic) bond motifs is 2. The van der Waals surface area contributed by atoms with Crippen LogP contribution in [0.2, 0.25) is 0 Å². The van der Waals surface area contributed by atoms with Crippen LogP contribution in [0.1, 0.15) is 44.1 Å². The van der Waals surface area contributed by atoms with Crippen molar-refractivity contribution in [3.8, 4) is 11.4 Å². The summed E-state index contributed by atoms with van der Waals surface area (Å²) in [5.74, 6) is 0.957. The van der Waals surface area contributed by atoms with Gasteiger partial charge in [0, 0.05) is 18.2 Å². The van der Waals surface area contributed by atoms with E-state index in [2.05, 4.69) is 60.0 Å². The third-order valence-corrected chi connectivity index (χ3v) is 5.51. The highest BCUT2D eigenvalue weighted by Gasteiger charge is 2.17. The zero-order valence-corrected chi connectivity index (χ0v) is 18.7. The van der Waals surface area contributed by atoms with Gasteiger partial charge >= 0.3 is 5.97 Å². The van der Waals surface area contributed by atoms with E-state index >= 15 is 0 Å². The molecule has 0 aliphatic heterocycles. The molecule has 156 valence electrons. The van der Waals surface area contributed by atoms with Crippen LogP contribution in [0.25, 0.3) is 33.5 Å². The number of hydrogen-bond donors (Lipinski definition) is 1. The lowest BCUT2D eigenvalue weighted by atomic mass is 10.1. The van der Waals surface area contributed by atoms with E-state index < -0.39 is 0 Å². The number of esters is 1. The lowest BCUT2D eigenvalue weighted by molar-refractivity contribution is 0.0601. The average Bonchev–Trinajstić information content (AvgIpc) is 3.22. The van der Waals surface area contributed by atoms with Gasteiger partial charge in [-0.2, -0.15) is 0 Å². The SMILES string of the molecule is COC(=O)c1ccc2c(c1)nc(-c1ccc3c(c1)[nH]c(=S)n3C(C)C)n2CC(C)C. The summed E-state index contributed by atoms with van der Waals surface area (Å²) in [5.41, 5.74) is 5.36. The van der Waals surface area contributed by atoms with E-state index in [1.807, 2.05) is 6.07 Å². The predicted molar refractivity (Wildman–Crippen MR) is 122 cm³/mol. The maximum Gasteiger partial charge on any atom is 0.337 e. The largest absolute Gasteiger partial charge is 0.465 e. The summed E-state index contributed by atoms with van der Waals surface area (Å²) in [4.78, 5) is 20.2. The monoisotopic (exact) mass is 422 g/mol. The highest BCUT2D eigenvalue weighted by atomic mass is 32.1. The van der Waals surface area contributed by atoms with Crippen LogP contribution in [0, 0.1) is 10.7 Å². The van der Waals surface area contributed by atoms with Crippen LogP contribution in [0.5, 0.6) is 0 Å². The van der Waals surface area contributed by atoms with Crippen molar-refractivity contribution in [2.45, 2.75) is 40.3 Å². The van der Waals surface area contributed by atoms with Gasteiger partial charge < -0.3 is 18.9 Å². The molecule has 0 aliphatic carbocycles. The fourth-order valence-electron chi connectivity index (χ4n) is 3.93. The molecule has 6 nitrogen and oxygen atoms in total. The number of H-pyrrole nitrogens is 1. The third kappa shape index (κ3) is 3.43. The topological polar surface area (TPSA) is 64.8 Å². The second-order valence-electron chi connectivity index (χ2n) is 8.26. The molecule has 0 atom stereocenters. The van der Waals surface area contributed by atoms with Crippen LogP contribution in [0.3, 0.4) is 0 Å². The molecule has 0 amide bonds. The van der Waals surface area contributed by atoms with Crippen molar-refractivity contribution in [1.29, 1.82) is 0 Å². The van der Waals surface area contributed by atoms with Gasteiger partial charge in [0.25, 0.3) is 0 Å². The Morgan fingerprint density at radius 1 is 1.13 bits per heavy atom. The standard InChI is InChI=1S/C23H26N4O2S/c1-13(2)12-26-19-8-7-16(22(28)29-5)11-17(19)24-21(26)15-6-9-20-18(10-15)25-23(30)27(20)14(3)4/h6-11,13-14H,12H2,1-5H3,(H,25,30). The molecule has 0 radical (unpaired) electrons. The first-order valence-corrected chi connectivity index (χ1v) is 10.5. The Bertz CT molecular complexity index is 1310. The van der Waals surface area contributed by atoms with Crippen molar-refractivity contribution in [1.82, 2.24) is 19.1 Å². The fraction of sp³-hybridized carbons (Fsp3) is 0.348. The molecule has 0 saturated carbocycles. The normalized spacial score (nSPS) is 11.8. The Kier molecular flexibility index (Phi) is 5.24. The zero-order chi connectivity index (χ0) is 21.6. The molecule has 0 fully saturated rings. The molecular formula is C23H26N4O2S. The minimum Gasteiger partial charge on any atom is -0.465 e. The van der Waals surface area contributed by atoms with E-state index in [0.29, 0.717) is 11.5 Å². The van der Waals surface area contributed by atoms with Gasteiger partial charge in [0.1, 0.15) is 5.82 Å². The molecule has 4 aromatic rings. The quantitative estimate of drug-likeness (QED) is 0.329. The van der Waals surface area contributed by atoms with Crippen molar-refractivity contribution >= 4 is 40.3 Å². The molecule has 30 heavy (non-hydrogen) atoms. The van der Waals surface area contributed by atoms with Gasteiger partial charge in [0.15, 0.2) is 4.77 Å². The average molecular weight is 423 g/mol. The molecule has 0 unspecified atom stereocenters. The van der Waals surface area contributed by atoms with E-state index in [1.54, 1.807) is 12.1 Å². The second-order valence-corrected chi connectivity index (χ2v) is 8.65. The van der Waals surface area contributed by atoms with Crippen LogP contribution >= 0.6 is 12.2 Å². The van der Waals surface area contributed by atoms with E-state index in [-0.39, 0.29) is 12.0 Å². The second kappa shape index (κ2) is 7.72. The first-order chi connectivity index (χ1) is 14.3. The van der Waals surface area contributed by atoms with E-state index in [0.717, 1.165) is 44.8 Å². The molecule has 0 saturated heterocycles. The number of rotatable bonds is 5. The molecule has 1 N–H and O–H groups in total. The molecule has 4 rings (SSSR count). The number of nitrogens with zero attached hydrogens (tertiary/aromatic N) is 3. The number of methoxy groups -OCH3 is 1. The Morgan fingerprint density at radius 2 is 1.87 bits per heavy atom. The van der Waals surface area contributed by atoms with Gasteiger partial charge in [-0.3, -0.25) is 0 Å². The fourth-order valence-corrected chi connectivity index (χ4v) is 4.35. The molecule has 2 aromatic carbocycles. The Labute approximate surface area is 180 Å². The van der Waals surface area contributed by atoms with E-state index in [4.69, 9.17) is 21.9 Å². The van der Waals surface area contributed by atoms with Gasteiger partial charge in [-0.05, 0) is 68.4 Å². The number of nitrogens with one attached hydrogen (secondary N) is 1. The zero-order valence-electron chi connectivity index (χ0n) is 17.9. The minimum atomic E-state index is -0.360. The summed E-state index contributed by atoms with van der Waals surface area (Å²) < 4.78 is 9.92. The first-order valence-electron chi connectivity index (χ1n) is 10.1. The van der Waals surface area contributed by atoms with E-state index in [9.17, 15) is 4.79 Å². The summed E-state index contributed by atoms with van der Waals surface area (Å²) in [5, 5.41) is 0. The highest BCUT2D eigenvalue weighted by Crippen LogP contribution is 2.30. The smallest absolute Gasteiger partial charge is 0.337 e. The third-order valence-electron chi connectivity index (χ3n) is 5.21. The number of ether oxygens (including phenoxy) is 1. The van der Waals surface area contributed by atoms with Crippen LogP contribution in [0.4, 0.5) is 0 Å². The van der Waals surface area contributed by atoms with Gasteiger partial charge in [-0.15, -0.1) is 0 Å². The number of aromatic nitrogens is 4. The summed E-state index contributed by atoms with van der Waals surface area (Å²) >= 11 is 5.52. The molecule has 2 aromatic heterocycles. The lowest BCUT2D eigenvalue weighted by Crippen LogP contribution is -2.06. The molecule has 0 aliphatic rings. The van der Waals surface area contributed by atoms with Gasteiger partial charge in [-0.25, -0.2) is 9.78 Å². The van der Waals surface area contributed by atoms with Crippen LogP contribution < -0.4 is 0 Å². The number of carbonyl (C=O) groups is 1. The van der Waals surface area contributed by atoms with Crippen LogP contribution in [-0.2, 0) is 11.3 Å². The number of hydrogen-bond acceptors (Lipinski definition) is 4. The van der Waals surface area contributed by atoms with Crippen molar-refractivity contribution in [3.63, 3.8) is 0 Å². The maximum atomic E-state index is 12.0. The van der Waals surface area contributed by atoms with Gasteiger partial charge in [0.2, 0.25) is 0 Å². The highest BCUT2D eigenvalue weighted by molar-refractivity contribution is 7.71. The molecule has 0 spiro atoms. The van der Waals surface area contributed by atoms with Crippen molar-refractivity contribution in [3.05, 3.63) is 46.7 Å². The number of benzene rings is 2. The van der Waals surface area contributed by atoms with Gasteiger partial charge in [-0.1, -0.05) is 13.8 Å². The Morgan fingerprint density at radius 3 is 2.53 bits per heavy atom. The van der Waals surface area contributed by atoms with Crippen molar-refractivity contribution in [2.24, 2.45) is 5.92 Å². The summed E-state index contributed by atoms with van der Waals surface area (Å²) in [6, 6.07) is 12.1. The van der Waals surface area contributed by atoms with Crippen LogP contribution in [0.15, 0.2) is 36.4 Å². The predicted octanol–water partition coefficient (Wildman–Crippen LogP) is 5.74. The molecule has 2 heterocycles.